The van der Waals surface area contributed by atoms with Crippen LogP contribution in [0.5, 0.6) is 0 Å². The maximum Gasteiger partial charge on any atom is 0.247 e. The molecular weight excluding hydrogens is 425 g/mol. The van der Waals surface area contributed by atoms with Gasteiger partial charge in [0, 0.05) is 36.2 Å². The number of aromatic nitrogens is 2. The summed E-state index contributed by atoms with van der Waals surface area (Å²) in [7, 11) is 0. The fraction of sp³-hybridized carbons (Fsp3) is 0.250. The van der Waals surface area contributed by atoms with Gasteiger partial charge in [0.05, 0.1) is 23.9 Å². The van der Waals surface area contributed by atoms with Crippen molar-refractivity contribution in [1.29, 1.82) is 5.26 Å². The van der Waals surface area contributed by atoms with E-state index in [1.54, 1.807) is 12.1 Å². The van der Waals surface area contributed by atoms with Crippen LogP contribution in [0.15, 0.2) is 51.4 Å². The summed E-state index contributed by atoms with van der Waals surface area (Å²) in [4.78, 5) is 4.20. The van der Waals surface area contributed by atoms with Gasteiger partial charge in [-0.2, -0.15) is 5.26 Å². The van der Waals surface area contributed by atoms with E-state index in [-0.39, 0.29) is 5.82 Å². The molecule has 0 amide bonds. The van der Waals surface area contributed by atoms with Gasteiger partial charge in [0.2, 0.25) is 11.8 Å². The van der Waals surface area contributed by atoms with Gasteiger partial charge < -0.3 is 9.32 Å². The van der Waals surface area contributed by atoms with Gasteiger partial charge in [0.1, 0.15) is 5.82 Å². The fourth-order valence-corrected chi connectivity index (χ4v) is 3.46. The van der Waals surface area contributed by atoms with Crippen LogP contribution in [0.3, 0.4) is 0 Å². The van der Waals surface area contributed by atoms with Gasteiger partial charge in [0.25, 0.3) is 0 Å². The van der Waals surface area contributed by atoms with Gasteiger partial charge in [-0.25, -0.2) is 4.39 Å². The van der Waals surface area contributed by atoms with Crippen LogP contribution in [0.2, 0.25) is 0 Å². The summed E-state index contributed by atoms with van der Waals surface area (Å²) < 4.78 is 21.0. The summed E-state index contributed by atoms with van der Waals surface area (Å²) in [5.74, 6) is 0.709. The van der Waals surface area contributed by atoms with Crippen LogP contribution in [0, 0.1) is 17.1 Å². The average molecular weight is 442 g/mol. The lowest BCUT2D eigenvalue weighted by Crippen LogP contribution is -2.46. The summed E-state index contributed by atoms with van der Waals surface area (Å²) in [5.41, 5.74) is 1.75. The summed E-state index contributed by atoms with van der Waals surface area (Å²) in [5, 5.41) is 17.1. The molecule has 8 heteroatoms. The highest BCUT2D eigenvalue weighted by atomic mass is 79.9. The van der Waals surface area contributed by atoms with Crippen LogP contribution < -0.4 is 4.90 Å². The third-order valence-electron chi connectivity index (χ3n) is 4.71. The number of piperazine rings is 1. The van der Waals surface area contributed by atoms with Crippen LogP contribution in [-0.2, 0) is 6.54 Å². The Bertz CT molecular complexity index is 1010. The molecule has 0 radical (unpaired) electrons. The van der Waals surface area contributed by atoms with Crippen molar-refractivity contribution >= 4 is 21.6 Å². The van der Waals surface area contributed by atoms with Crippen LogP contribution in [0.1, 0.15) is 11.5 Å². The third-order valence-corrected chi connectivity index (χ3v) is 5.24. The first kappa shape index (κ1) is 18.6. The number of anilines is 1. The standard InChI is InChI=1S/C20H17BrFN5O/c21-16-4-2-15(3-5-16)20-25-24-19(28-20)13-26-7-9-27(10-8-26)18-6-1-14(12-23)11-17(18)22/h1-6,11H,7-10,13H2. The topological polar surface area (TPSA) is 69.2 Å². The Morgan fingerprint density at radius 3 is 2.50 bits per heavy atom. The molecule has 0 aliphatic carbocycles. The number of rotatable bonds is 4. The van der Waals surface area contributed by atoms with E-state index in [1.165, 1.54) is 6.07 Å². The van der Waals surface area contributed by atoms with Gasteiger partial charge >= 0.3 is 0 Å². The second kappa shape index (κ2) is 8.09. The molecule has 6 nitrogen and oxygen atoms in total. The Morgan fingerprint density at radius 1 is 1.07 bits per heavy atom. The van der Waals surface area contributed by atoms with Crippen molar-refractivity contribution in [3.05, 3.63) is 64.2 Å². The van der Waals surface area contributed by atoms with Crippen molar-refractivity contribution < 1.29 is 8.81 Å². The number of benzene rings is 2. The average Bonchev–Trinajstić information content (AvgIpc) is 3.17. The van der Waals surface area contributed by atoms with Crippen LogP contribution in [0.4, 0.5) is 10.1 Å². The highest BCUT2D eigenvalue weighted by Crippen LogP contribution is 2.23. The monoisotopic (exact) mass is 441 g/mol. The first-order chi connectivity index (χ1) is 13.6. The van der Waals surface area contributed by atoms with Gasteiger partial charge in [0.15, 0.2) is 0 Å². The Kier molecular flexibility index (Phi) is 5.37. The molecule has 3 aromatic rings. The number of hydrogen-bond acceptors (Lipinski definition) is 6. The third kappa shape index (κ3) is 4.06. The normalized spacial score (nSPS) is 14.8. The van der Waals surface area contributed by atoms with Crippen molar-refractivity contribution in [3.8, 4) is 17.5 Å². The lowest BCUT2D eigenvalue weighted by molar-refractivity contribution is 0.226. The first-order valence-corrected chi connectivity index (χ1v) is 9.67. The second-order valence-corrected chi connectivity index (χ2v) is 7.46. The van der Waals surface area contributed by atoms with Crippen molar-refractivity contribution in [2.45, 2.75) is 6.54 Å². The maximum absolute atomic E-state index is 14.2. The van der Waals surface area contributed by atoms with Gasteiger partial charge in [-0.3, -0.25) is 4.90 Å². The number of hydrogen-bond donors (Lipinski definition) is 0. The molecule has 0 N–H and O–H groups in total. The van der Waals surface area contributed by atoms with E-state index in [2.05, 4.69) is 31.0 Å². The molecular formula is C20H17BrFN5O. The van der Waals surface area contributed by atoms with E-state index in [0.29, 0.717) is 42.7 Å². The van der Waals surface area contributed by atoms with Crippen molar-refractivity contribution in [1.82, 2.24) is 15.1 Å². The molecule has 1 fully saturated rings. The molecule has 0 bridgehead atoms. The van der Waals surface area contributed by atoms with E-state index in [0.717, 1.165) is 23.1 Å². The molecule has 0 saturated carbocycles. The summed E-state index contributed by atoms with van der Waals surface area (Å²) in [6.45, 7) is 3.46. The Hall–Kier alpha value is -2.76. The molecule has 1 aromatic heterocycles. The van der Waals surface area contributed by atoms with E-state index in [9.17, 15) is 4.39 Å². The van der Waals surface area contributed by atoms with Crippen LogP contribution in [-0.4, -0.2) is 41.3 Å². The molecule has 2 aromatic carbocycles. The zero-order valence-electron chi connectivity index (χ0n) is 15.0. The minimum absolute atomic E-state index is 0.331. The molecule has 0 unspecified atom stereocenters. The summed E-state index contributed by atoms with van der Waals surface area (Å²) >= 11 is 3.41. The fourth-order valence-electron chi connectivity index (χ4n) is 3.20. The number of halogens is 2. The molecule has 142 valence electrons. The Labute approximate surface area is 170 Å². The van der Waals surface area contributed by atoms with E-state index < -0.39 is 0 Å². The molecule has 28 heavy (non-hydrogen) atoms. The maximum atomic E-state index is 14.2. The van der Waals surface area contributed by atoms with Crippen LogP contribution in [0.25, 0.3) is 11.5 Å². The molecule has 1 aliphatic rings. The molecule has 1 saturated heterocycles. The smallest absolute Gasteiger partial charge is 0.247 e. The van der Waals surface area contributed by atoms with Crippen molar-refractivity contribution in [2.75, 3.05) is 31.1 Å². The molecule has 4 rings (SSSR count). The molecule has 2 heterocycles. The predicted molar refractivity (Wildman–Crippen MR) is 106 cm³/mol. The van der Waals surface area contributed by atoms with Gasteiger partial charge in [-0.1, -0.05) is 15.9 Å². The zero-order chi connectivity index (χ0) is 19.5. The number of nitrogens with zero attached hydrogens (tertiary/aromatic N) is 5. The van der Waals surface area contributed by atoms with Gasteiger partial charge in [-0.05, 0) is 42.5 Å². The lowest BCUT2D eigenvalue weighted by atomic mass is 10.2. The first-order valence-electron chi connectivity index (χ1n) is 8.87. The number of nitriles is 1. The van der Waals surface area contributed by atoms with E-state index in [1.807, 2.05) is 35.2 Å². The second-order valence-electron chi connectivity index (χ2n) is 6.55. The minimum Gasteiger partial charge on any atom is -0.419 e. The summed E-state index contributed by atoms with van der Waals surface area (Å²) in [6, 6.07) is 14.3. The molecule has 1 aliphatic heterocycles. The highest BCUT2D eigenvalue weighted by Gasteiger charge is 2.21. The van der Waals surface area contributed by atoms with E-state index in [4.69, 9.17) is 9.68 Å². The van der Waals surface area contributed by atoms with Gasteiger partial charge in [-0.15, -0.1) is 10.2 Å². The summed E-state index contributed by atoms with van der Waals surface area (Å²) in [6.07, 6.45) is 0. The highest BCUT2D eigenvalue weighted by molar-refractivity contribution is 9.10. The minimum atomic E-state index is -0.358. The predicted octanol–water partition coefficient (Wildman–Crippen LogP) is 3.83. The SMILES string of the molecule is N#Cc1ccc(N2CCN(Cc3nnc(-c4ccc(Br)cc4)o3)CC2)c(F)c1. The van der Waals surface area contributed by atoms with Crippen molar-refractivity contribution in [2.24, 2.45) is 0 Å². The quantitative estimate of drug-likeness (QED) is 0.612. The zero-order valence-corrected chi connectivity index (χ0v) is 16.6. The van der Waals surface area contributed by atoms with E-state index >= 15 is 0 Å². The Balaban J connectivity index is 1.36. The lowest BCUT2D eigenvalue weighted by Gasteiger charge is -2.35. The molecule has 0 spiro atoms. The molecule has 0 atom stereocenters. The van der Waals surface area contributed by atoms with Crippen molar-refractivity contribution in [3.63, 3.8) is 0 Å². The van der Waals surface area contributed by atoms with Crippen LogP contribution >= 0.6 is 15.9 Å². The Morgan fingerprint density at radius 2 is 1.82 bits per heavy atom. The largest absolute Gasteiger partial charge is 0.419 e.